The molecule has 0 spiro atoms. The number of nitrogens with one attached hydrogen (secondary N) is 2. The minimum Gasteiger partial charge on any atom is -0.314 e. The average Bonchev–Trinajstić information content (AvgIpc) is 2.41. The summed E-state index contributed by atoms with van der Waals surface area (Å²) in [6.07, 6.45) is 1.94. The number of rotatable bonds is 4. The Labute approximate surface area is 117 Å². The Hall–Kier alpha value is -1.05. The van der Waals surface area contributed by atoms with Crippen molar-refractivity contribution in [2.24, 2.45) is 5.92 Å². The van der Waals surface area contributed by atoms with Crippen molar-refractivity contribution >= 4 is 10.0 Å². The predicted octanol–water partition coefficient (Wildman–Crippen LogP) is 1.63. The van der Waals surface area contributed by atoms with Crippen LogP contribution < -0.4 is 10.0 Å². The molecular weight excluding hydrogens is 286 g/mol. The van der Waals surface area contributed by atoms with Gasteiger partial charge >= 0.3 is 0 Å². The lowest BCUT2D eigenvalue weighted by atomic mass is 9.96. The fraction of sp³-hybridized carbons (Fsp3) is 0.538. The van der Waals surface area contributed by atoms with Crippen LogP contribution in [0.25, 0.3) is 0 Å². The maximum absolute atomic E-state index is 13.1. The molecule has 2 rings (SSSR count). The third-order valence-corrected chi connectivity index (χ3v) is 4.95. The molecule has 2 atom stereocenters. The fourth-order valence-electron chi connectivity index (χ4n) is 2.19. The Bertz CT molecular complexity index is 570. The Morgan fingerprint density at radius 1 is 1.30 bits per heavy atom. The summed E-state index contributed by atoms with van der Waals surface area (Å²) in [6.45, 7) is 3.13. The summed E-state index contributed by atoms with van der Waals surface area (Å²) in [4.78, 5) is -0.256. The molecule has 1 aliphatic heterocycles. The summed E-state index contributed by atoms with van der Waals surface area (Å²) in [5, 5.41) is 3.28. The first-order chi connectivity index (χ1) is 9.38. The maximum Gasteiger partial charge on any atom is 0.240 e. The standard InChI is InChI=1S/C13H18F2N2O2S/c1-9-2-3-10(7-16-9)8-17-20(18,19)11-4-5-12(14)13(15)6-11/h4-6,9-10,16-17H,2-3,7-8H2,1H3. The van der Waals surface area contributed by atoms with Gasteiger partial charge in [-0.05, 0) is 50.4 Å². The first-order valence-electron chi connectivity index (χ1n) is 6.56. The number of halogens is 2. The Kier molecular flexibility index (Phi) is 4.72. The largest absolute Gasteiger partial charge is 0.314 e. The molecule has 0 bridgehead atoms. The van der Waals surface area contributed by atoms with Gasteiger partial charge < -0.3 is 5.32 Å². The highest BCUT2D eigenvalue weighted by molar-refractivity contribution is 7.89. The third-order valence-electron chi connectivity index (χ3n) is 3.53. The van der Waals surface area contributed by atoms with Crippen molar-refractivity contribution in [2.75, 3.05) is 13.1 Å². The first kappa shape index (κ1) is 15.3. The van der Waals surface area contributed by atoms with E-state index in [0.717, 1.165) is 31.5 Å². The van der Waals surface area contributed by atoms with Crippen molar-refractivity contribution in [1.29, 1.82) is 0 Å². The van der Waals surface area contributed by atoms with Crippen molar-refractivity contribution in [3.05, 3.63) is 29.8 Å². The summed E-state index contributed by atoms with van der Waals surface area (Å²) in [7, 11) is -3.80. The van der Waals surface area contributed by atoms with Gasteiger partial charge in [0.05, 0.1) is 4.90 Å². The van der Waals surface area contributed by atoms with Gasteiger partial charge in [-0.1, -0.05) is 0 Å². The smallest absolute Gasteiger partial charge is 0.240 e. The van der Waals surface area contributed by atoms with Gasteiger partial charge in [-0.25, -0.2) is 21.9 Å². The van der Waals surface area contributed by atoms with Crippen LogP contribution in [0.2, 0.25) is 0 Å². The van der Waals surface area contributed by atoms with Gasteiger partial charge in [0.15, 0.2) is 11.6 Å². The van der Waals surface area contributed by atoms with Crippen molar-refractivity contribution in [1.82, 2.24) is 10.0 Å². The van der Waals surface area contributed by atoms with E-state index in [4.69, 9.17) is 0 Å². The summed E-state index contributed by atoms with van der Waals surface area (Å²) < 4.78 is 52.3. The van der Waals surface area contributed by atoms with E-state index >= 15 is 0 Å². The van der Waals surface area contributed by atoms with Crippen LogP contribution in [0.4, 0.5) is 8.78 Å². The van der Waals surface area contributed by atoms with Crippen molar-refractivity contribution in [3.63, 3.8) is 0 Å². The van der Waals surface area contributed by atoms with Crippen LogP contribution in [0.1, 0.15) is 19.8 Å². The molecule has 4 nitrogen and oxygen atoms in total. The van der Waals surface area contributed by atoms with Gasteiger partial charge in [-0.3, -0.25) is 0 Å². The molecule has 1 heterocycles. The van der Waals surface area contributed by atoms with Crippen LogP contribution in [0.15, 0.2) is 23.1 Å². The average molecular weight is 304 g/mol. The van der Waals surface area contributed by atoms with Gasteiger partial charge in [0, 0.05) is 12.6 Å². The number of sulfonamides is 1. The molecular formula is C13H18F2N2O2S. The molecule has 7 heteroatoms. The second kappa shape index (κ2) is 6.15. The van der Waals surface area contributed by atoms with Crippen molar-refractivity contribution in [2.45, 2.75) is 30.7 Å². The molecule has 2 N–H and O–H groups in total. The fourth-order valence-corrected chi connectivity index (χ4v) is 3.31. The van der Waals surface area contributed by atoms with Crippen LogP contribution in [0.5, 0.6) is 0 Å². The van der Waals surface area contributed by atoms with E-state index in [9.17, 15) is 17.2 Å². The zero-order chi connectivity index (χ0) is 14.8. The van der Waals surface area contributed by atoms with E-state index in [-0.39, 0.29) is 10.8 Å². The third kappa shape index (κ3) is 3.74. The summed E-state index contributed by atoms with van der Waals surface area (Å²) in [5.41, 5.74) is 0. The van der Waals surface area contributed by atoms with Crippen LogP contribution >= 0.6 is 0 Å². The lowest BCUT2D eigenvalue weighted by Gasteiger charge is -2.27. The molecule has 1 fully saturated rings. The summed E-state index contributed by atoms with van der Waals surface area (Å²) in [5.74, 6) is -2.01. The van der Waals surface area contributed by atoms with Crippen LogP contribution in [-0.2, 0) is 10.0 Å². The zero-order valence-electron chi connectivity index (χ0n) is 11.2. The van der Waals surface area contributed by atoms with Gasteiger partial charge in [0.1, 0.15) is 0 Å². The monoisotopic (exact) mass is 304 g/mol. The quantitative estimate of drug-likeness (QED) is 0.889. The molecule has 2 unspecified atom stereocenters. The van der Waals surface area contributed by atoms with E-state index in [0.29, 0.717) is 18.7 Å². The second-order valence-corrected chi connectivity index (χ2v) is 6.95. The predicted molar refractivity (Wildman–Crippen MR) is 71.7 cm³/mol. The molecule has 0 amide bonds. The highest BCUT2D eigenvalue weighted by atomic mass is 32.2. The van der Waals surface area contributed by atoms with E-state index in [1.165, 1.54) is 0 Å². The van der Waals surface area contributed by atoms with E-state index in [1.807, 2.05) is 0 Å². The highest BCUT2D eigenvalue weighted by Crippen LogP contribution is 2.16. The number of hydrogen-bond acceptors (Lipinski definition) is 3. The molecule has 1 aromatic rings. The van der Waals surface area contributed by atoms with E-state index in [1.54, 1.807) is 0 Å². The number of piperidine rings is 1. The number of benzene rings is 1. The SMILES string of the molecule is CC1CCC(CNS(=O)(=O)c2ccc(F)c(F)c2)CN1. The Balaban J connectivity index is 1.98. The number of hydrogen-bond donors (Lipinski definition) is 2. The van der Waals surface area contributed by atoms with Gasteiger partial charge in [0.2, 0.25) is 10.0 Å². The lowest BCUT2D eigenvalue weighted by Crippen LogP contribution is -2.41. The minimum atomic E-state index is -3.80. The Morgan fingerprint density at radius 3 is 2.65 bits per heavy atom. The molecule has 0 radical (unpaired) electrons. The summed E-state index contributed by atoms with van der Waals surface area (Å²) >= 11 is 0. The van der Waals surface area contributed by atoms with Crippen molar-refractivity contribution < 1.29 is 17.2 Å². The molecule has 112 valence electrons. The first-order valence-corrected chi connectivity index (χ1v) is 8.05. The lowest BCUT2D eigenvalue weighted by molar-refractivity contribution is 0.323. The topological polar surface area (TPSA) is 58.2 Å². The normalized spacial score (nSPS) is 23.8. The molecule has 1 aliphatic rings. The van der Waals surface area contributed by atoms with Crippen LogP contribution in [0, 0.1) is 17.6 Å². The minimum absolute atomic E-state index is 0.214. The molecule has 20 heavy (non-hydrogen) atoms. The summed E-state index contributed by atoms with van der Waals surface area (Å²) in [6, 6.07) is 3.02. The molecule has 0 saturated carbocycles. The van der Waals surface area contributed by atoms with Crippen LogP contribution in [0.3, 0.4) is 0 Å². The molecule has 1 saturated heterocycles. The highest BCUT2D eigenvalue weighted by Gasteiger charge is 2.21. The van der Waals surface area contributed by atoms with Gasteiger partial charge in [-0.15, -0.1) is 0 Å². The molecule has 0 aliphatic carbocycles. The maximum atomic E-state index is 13.1. The molecule has 1 aromatic carbocycles. The zero-order valence-corrected chi connectivity index (χ0v) is 12.0. The van der Waals surface area contributed by atoms with Gasteiger partial charge in [0.25, 0.3) is 0 Å². The molecule has 0 aromatic heterocycles. The second-order valence-electron chi connectivity index (χ2n) is 5.18. The van der Waals surface area contributed by atoms with Gasteiger partial charge in [-0.2, -0.15) is 0 Å². The Morgan fingerprint density at radius 2 is 2.05 bits per heavy atom. The van der Waals surface area contributed by atoms with E-state index < -0.39 is 21.7 Å². The van der Waals surface area contributed by atoms with Crippen LogP contribution in [-0.4, -0.2) is 27.5 Å². The van der Waals surface area contributed by atoms with Crippen molar-refractivity contribution in [3.8, 4) is 0 Å². The van der Waals surface area contributed by atoms with E-state index in [2.05, 4.69) is 17.0 Å².